The minimum atomic E-state index is 0.157. The van der Waals surface area contributed by atoms with Gasteiger partial charge in [0, 0.05) is 35.2 Å². The number of fused-ring (bicyclic) bond motifs is 2. The molecule has 7 heteroatoms. The minimum absolute atomic E-state index is 0.157. The standard InChI is InChI=1S/C30H35N3O3.C7H7Cl/c1-2-3-7-23-18-26(30(34)33-15-6-8-24(33)19-32-13-4-5-14-32)25-16-21(9-11-27(25)31-23)22-10-12-28-29(17-22)36-20-35-28;1-6-2-4-7(8)5-3-6/h9-12,16-18,24H,2-8,13-15,19-20H2,1H3;2-5H,1H3/t24-;/m0./s1. The van der Waals surface area contributed by atoms with Crippen LogP contribution in [0.5, 0.6) is 11.5 Å². The third-order valence-corrected chi connectivity index (χ3v) is 9.15. The van der Waals surface area contributed by atoms with Crippen molar-refractivity contribution < 1.29 is 14.3 Å². The van der Waals surface area contributed by atoms with Crippen LogP contribution in [0.2, 0.25) is 5.02 Å². The van der Waals surface area contributed by atoms with Crippen LogP contribution in [0.25, 0.3) is 22.0 Å². The van der Waals surface area contributed by atoms with Gasteiger partial charge >= 0.3 is 0 Å². The summed E-state index contributed by atoms with van der Waals surface area (Å²) in [4.78, 5) is 23.7. The fraction of sp³-hybridized carbons (Fsp3) is 0.405. The molecule has 7 rings (SSSR count). The second kappa shape index (κ2) is 14.0. The summed E-state index contributed by atoms with van der Waals surface area (Å²) in [6.07, 6.45) is 7.81. The fourth-order valence-corrected chi connectivity index (χ4v) is 6.57. The maximum absolute atomic E-state index is 14.1. The molecular weight excluding hydrogens is 570 g/mol. The number of unbranched alkanes of at least 4 members (excludes halogenated alkanes) is 1. The Bertz CT molecular complexity index is 1580. The van der Waals surface area contributed by atoms with Crippen LogP contribution in [-0.4, -0.2) is 59.7 Å². The highest BCUT2D eigenvalue weighted by Gasteiger charge is 2.32. The molecule has 3 aromatic carbocycles. The van der Waals surface area contributed by atoms with E-state index in [4.69, 9.17) is 26.1 Å². The number of aryl methyl sites for hydroxylation is 2. The van der Waals surface area contributed by atoms with Crippen molar-refractivity contribution in [3.05, 3.63) is 88.6 Å². The fourth-order valence-electron chi connectivity index (χ4n) is 6.44. The molecule has 0 spiro atoms. The first-order valence-corrected chi connectivity index (χ1v) is 16.5. The molecule has 44 heavy (non-hydrogen) atoms. The van der Waals surface area contributed by atoms with Crippen molar-refractivity contribution in [3.8, 4) is 22.6 Å². The Kier molecular flexibility index (Phi) is 9.68. The van der Waals surface area contributed by atoms with E-state index in [2.05, 4.69) is 41.0 Å². The summed E-state index contributed by atoms with van der Waals surface area (Å²) in [5.74, 6) is 1.69. The number of pyridine rings is 1. The SMILES string of the molecule is CCCCc1cc(C(=O)N2CCC[C@H]2CN2CCCC2)c2cc(-c3ccc4c(c3)OCO4)ccc2n1.Cc1ccc(Cl)cc1. The van der Waals surface area contributed by atoms with E-state index in [0.717, 1.165) is 108 Å². The maximum Gasteiger partial charge on any atom is 0.254 e. The van der Waals surface area contributed by atoms with E-state index in [9.17, 15) is 4.79 Å². The molecular formula is C37H42ClN3O3. The summed E-state index contributed by atoms with van der Waals surface area (Å²) >= 11 is 5.61. The molecule has 0 saturated carbocycles. The number of halogens is 1. The molecule has 1 aromatic heterocycles. The van der Waals surface area contributed by atoms with E-state index in [-0.39, 0.29) is 12.7 Å². The van der Waals surface area contributed by atoms with E-state index in [1.54, 1.807) is 0 Å². The van der Waals surface area contributed by atoms with E-state index in [0.29, 0.717) is 6.04 Å². The Morgan fingerprint density at radius 3 is 2.43 bits per heavy atom. The highest BCUT2D eigenvalue weighted by atomic mass is 35.5. The lowest BCUT2D eigenvalue weighted by molar-refractivity contribution is 0.0710. The van der Waals surface area contributed by atoms with Crippen molar-refractivity contribution in [2.24, 2.45) is 0 Å². The quantitative estimate of drug-likeness (QED) is 0.210. The summed E-state index contributed by atoms with van der Waals surface area (Å²) in [6.45, 7) is 8.66. The number of aromatic nitrogens is 1. The van der Waals surface area contributed by atoms with Gasteiger partial charge in [-0.05, 0) is 112 Å². The molecule has 3 aliphatic rings. The van der Waals surface area contributed by atoms with Crippen LogP contribution in [0.15, 0.2) is 66.7 Å². The highest BCUT2D eigenvalue weighted by Crippen LogP contribution is 2.37. The number of likely N-dealkylation sites (tertiary alicyclic amines) is 2. The molecule has 0 unspecified atom stereocenters. The van der Waals surface area contributed by atoms with Gasteiger partial charge < -0.3 is 19.3 Å². The Balaban J connectivity index is 0.000000374. The maximum atomic E-state index is 14.1. The molecule has 1 amide bonds. The van der Waals surface area contributed by atoms with Gasteiger partial charge in [-0.3, -0.25) is 9.78 Å². The van der Waals surface area contributed by atoms with Gasteiger partial charge in [-0.25, -0.2) is 0 Å². The van der Waals surface area contributed by atoms with Crippen molar-refractivity contribution in [2.45, 2.75) is 64.8 Å². The van der Waals surface area contributed by atoms with Crippen LogP contribution in [0.1, 0.15) is 67.1 Å². The van der Waals surface area contributed by atoms with E-state index in [1.165, 1.54) is 18.4 Å². The van der Waals surface area contributed by atoms with Crippen LogP contribution in [0, 0.1) is 6.92 Å². The lowest BCUT2D eigenvalue weighted by Crippen LogP contribution is -2.42. The number of carbonyl (C=O) groups is 1. The number of ether oxygens (including phenoxy) is 2. The number of benzene rings is 3. The Morgan fingerprint density at radius 2 is 1.66 bits per heavy atom. The molecule has 0 aliphatic carbocycles. The average molecular weight is 612 g/mol. The Labute approximate surface area is 265 Å². The van der Waals surface area contributed by atoms with Crippen LogP contribution in [0.4, 0.5) is 0 Å². The third-order valence-electron chi connectivity index (χ3n) is 8.90. The third kappa shape index (κ3) is 7.03. The first-order chi connectivity index (χ1) is 21.5. The Hall–Kier alpha value is -3.61. The van der Waals surface area contributed by atoms with Crippen LogP contribution >= 0.6 is 11.6 Å². The summed E-state index contributed by atoms with van der Waals surface area (Å²) < 4.78 is 11.1. The zero-order valence-corrected chi connectivity index (χ0v) is 26.6. The van der Waals surface area contributed by atoms with Crippen molar-refractivity contribution in [1.29, 1.82) is 0 Å². The van der Waals surface area contributed by atoms with Crippen LogP contribution in [-0.2, 0) is 6.42 Å². The molecule has 3 aliphatic heterocycles. The topological polar surface area (TPSA) is 54.9 Å². The molecule has 4 heterocycles. The van der Waals surface area contributed by atoms with Gasteiger partial charge in [0.25, 0.3) is 5.91 Å². The van der Waals surface area contributed by atoms with Crippen molar-refractivity contribution in [2.75, 3.05) is 33.0 Å². The largest absolute Gasteiger partial charge is 0.454 e. The zero-order chi connectivity index (χ0) is 30.5. The lowest BCUT2D eigenvalue weighted by Gasteiger charge is -2.29. The molecule has 2 saturated heterocycles. The summed E-state index contributed by atoms with van der Waals surface area (Å²) in [5, 5.41) is 1.73. The summed E-state index contributed by atoms with van der Waals surface area (Å²) in [5.41, 5.74) is 6.04. The smallest absolute Gasteiger partial charge is 0.254 e. The molecule has 0 bridgehead atoms. The van der Waals surface area contributed by atoms with E-state index in [1.807, 2.05) is 49.4 Å². The monoisotopic (exact) mass is 611 g/mol. The van der Waals surface area contributed by atoms with Crippen molar-refractivity contribution >= 4 is 28.4 Å². The number of amides is 1. The first kappa shape index (κ1) is 30.4. The molecule has 4 aromatic rings. The predicted octanol–water partition coefficient (Wildman–Crippen LogP) is 8.32. The van der Waals surface area contributed by atoms with E-state index >= 15 is 0 Å². The minimum Gasteiger partial charge on any atom is -0.454 e. The molecule has 2 fully saturated rings. The van der Waals surface area contributed by atoms with Gasteiger partial charge in [-0.2, -0.15) is 0 Å². The lowest BCUT2D eigenvalue weighted by atomic mass is 9.98. The first-order valence-electron chi connectivity index (χ1n) is 16.1. The van der Waals surface area contributed by atoms with E-state index < -0.39 is 0 Å². The predicted molar refractivity (Wildman–Crippen MR) is 178 cm³/mol. The number of hydrogen-bond donors (Lipinski definition) is 0. The van der Waals surface area contributed by atoms with Gasteiger partial charge in [0.15, 0.2) is 11.5 Å². The second-order valence-electron chi connectivity index (χ2n) is 12.2. The van der Waals surface area contributed by atoms with Gasteiger partial charge in [0.05, 0.1) is 11.1 Å². The average Bonchev–Trinajstić information content (AvgIpc) is 3.83. The molecule has 0 N–H and O–H groups in total. The van der Waals surface area contributed by atoms with Crippen molar-refractivity contribution in [1.82, 2.24) is 14.8 Å². The van der Waals surface area contributed by atoms with Gasteiger partial charge in [0.2, 0.25) is 6.79 Å². The highest BCUT2D eigenvalue weighted by molar-refractivity contribution is 6.30. The number of hydrogen-bond acceptors (Lipinski definition) is 5. The molecule has 6 nitrogen and oxygen atoms in total. The van der Waals surface area contributed by atoms with Crippen LogP contribution < -0.4 is 9.47 Å². The number of carbonyl (C=O) groups excluding carboxylic acids is 1. The van der Waals surface area contributed by atoms with Gasteiger partial charge in [0.1, 0.15) is 0 Å². The molecule has 1 atom stereocenters. The summed E-state index contributed by atoms with van der Waals surface area (Å²) in [6, 6.07) is 22.4. The van der Waals surface area contributed by atoms with Crippen molar-refractivity contribution in [3.63, 3.8) is 0 Å². The number of nitrogens with zero attached hydrogens (tertiary/aromatic N) is 3. The number of rotatable bonds is 7. The Morgan fingerprint density at radius 1 is 0.909 bits per heavy atom. The molecule has 0 radical (unpaired) electrons. The summed E-state index contributed by atoms with van der Waals surface area (Å²) in [7, 11) is 0. The van der Waals surface area contributed by atoms with Gasteiger partial charge in [-0.1, -0.05) is 54.8 Å². The van der Waals surface area contributed by atoms with Crippen LogP contribution in [0.3, 0.4) is 0 Å². The normalized spacial score (nSPS) is 17.6. The zero-order valence-electron chi connectivity index (χ0n) is 25.9. The van der Waals surface area contributed by atoms with Gasteiger partial charge in [-0.15, -0.1) is 0 Å². The second-order valence-corrected chi connectivity index (χ2v) is 12.6. The molecule has 230 valence electrons.